The molecule has 5 rings (SSSR count). The molecule has 8 nitrogen and oxygen atoms in total. The topological polar surface area (TPSA) is 107 Å². The first kappa shape index (κ1) is 26.6. The van der Waals surface area contributed by atoms with Crippen molar-refractivity contribution in [3.8, 4) is 16.9 Å². The van der Waals surface area contributed by atoms with E-state index in [-0.39, 0.29) is 31.1 Å². The number of halogens is 3. The van der Waals surface area contributed by atoms with Gasteiger partial charge < -0.3 is 25.4 Å². The molecular formula is C28H25ClF2N4O4. The minimum absolute atomic E-state index is 0.184. The first-order valence-electron chi connectivity index (χ1n) is 12.3. The molecule has 11 heteroatoms. The number of benzene rings is 2. The summed E-state index contributed by atoms with van der Waals surface area (Å²) in [4.78, 5) is 30.4. The summed E-state index contributed by atoms with van der Waals surface area (Å²) in [6.45, 7) is 1.37. The normalized spacial score (nSPS) is 16.7. The number of nitrogens with two attached hydrogens (primary N) is 1. The monoisotopic (exact) mass is 554 g/mol. The number of ether oxygens (including phenoxy) is 2. The maximum atomic E-state index is 15.1. The number of amides is 2. The van der Waals surface area contributed by atoms with Crippen LogP contribution in [0.5, 0.6) is 5.75 Å². The van der Waals surface area contributed by atoms with Crippen molar-refractivity contribution in [3.63, 3.8) is 0 Å². The Balaban J connectivity index is 1.30. The van der Waals surface area contributed by atoms with Crippen molar-refractivity contribution < 1.29 is 27.8 Å². The molecule has 1 unspecified atom stereocenters. The van der Waals surface area contributed by atoms with E-state index in [0.717, 1.165) is 17.7 Å². The van der Waals surface area contributed by atoms with Gasteiger partial charge in [-0.2, -0.15) is 0 Å². The Bertz CT molecular complexity index is 1420. The summed E-state index contributed by atoms with van der Waals surface area (Å²) in [5, 5.41) is 3.12. The van der Waals surface area contributed by atoms with Gasteiger partial charge in [-0.1, -0.05) is 17.7 Å². The van der Waals surface area contributed by atoms with Crippen LogP contribution in [-0.4, -0.2) is 60.7 Å². The summed E-state index contributed by atoms with van der Waals surface area (Å²) in [6, 6.07) is 8.91. The van der Waals surface area contributed by atoms with Crippen LogP contribution in [0.25, 0.3) is 17.2 Å². The number of nitrogen functional groups attached to an aromatic ring is 1. The van der Waals surface area contributed by atoms with Crippen molar-refractivity contribution in [2.45, 2.75) is 12.5 Å². The largest absolute Gasteiger partial charge is 0.486 e. The predicted molar refractivity (Wildman–Crippen MR) is 142 cm³/mol. The molecule has 202 valence electrons. The van der Waals surface area contributed by atoms with Crippen LogP contribution >= 0.6 is 11.6 Å². The first-order valence-corrected chi connectivity index (χ1v) is 12.7. The number of hydrogen-bond acceptors (Lipinski definition) is 6. The van der Waals surface area contributed by atoms with E-state index in [1.807, 2.05) is 0 Å². The Kier molecular flexibility index (Phi) is 7.76. The molecule has 3 aromatic rings. The van der Waals surface area contributed by atoms with Gasteiger partial charge in [-0.05, 0) is 53.1 Å². The second kappa shape index (κ2) is 11.4. The van der Waals surface area contributed by atoms with E-state index in [0.29, 0.717) is 47.4 Å². The van der Waals surface area contributed by atoms with Crippen molar-refractivity contribution in [2.75, 3.05) is 38.6 Å². The van der Waals surface area contributed by atoms with Crippen LogP contribution in [0.2, 0.25) is 5.02 Å². The maximum absolute atomic E-state index is 15.1. The van der Waals surface area contributed by atoms with Gasteiger partial charge in [0.1, 0.15) is 34.9 Å². The third-order valence-corrected chi connectivity index (χ3v) is 6.83. The number of nitrogens with one attached hydrogen (secondary N) is 1. The van der Waals surface area contributed by atoms with Gasteiger partial charge >= 0.3 is 0 Å². The zero-order valence-corrected chi connectivity index (χ0v) is 21.5. The van der Waals surface area contributed by atoms with Gasteiger partial charge in [-0.25, -0.2) is 13.8 Å². The third-order valence-electron chi connectivity index (χ3n) is 6.53. The SMILES string of the molecule is Nc1ccc(C=CC(=O)NCC2Cc3c(-c4cc(F)c(C(=O)N5CCOCC5)c(F)c4)ccc(Cl)c3O2)cn1. The molecule has 0 radical (unpaired) electrons. The highest BCUT2D eigenvalue weighted by Gasteiger charge is 2.30. The van der Waals surface area contributed by atoms with Crippen LogP contribution in [0.15, 0.2) is 48.7 Å². The molecule has 0 spiro atoms. The maximum Gasteiger partial charge on any atom is 0.259 e. The van der Waals surface area contributed by atoms with Gasteiger partial charge in [-0.3, -0.25) is 9.59 Å². The molecule has 2 aliphatic heterocycles. The lowest BCUT2D eigenvalue weighted by Gasteiger charge is -2.27. The minimum atomic E-state index is -0.948. The Labute approximate surface area is 228 Å². The molecule has 2 amide bonds. The van der Waals surface area contributed by atoms with Crippen LogP contribution in [-0.2, 0) is 16.0 Å². The van der Waals surface area contributed by atoms with Crippen molar-refractivity contribution in [1.82, 2.24) is 15.2 Å². The molecule has 0 saturated carbocycles. The molecule has 0 aliphatic carbocycles. The van der Waals surface area contributed by atoms with Crippen LogP contribution in [0.1, 0.15) is 21.5 Å². The Morgan fingerprint density at radius 2 is 1.90 bits per heavy atom. The first-order chi connectivity index (χ1) is 18.8. The number of pyridine rings is 1. The Morgan fingerprint density at radius 3 is 2.59 bits per heavy atom. The van der Waals surface area contributed by atoms with E-state index in [9.17, 15) is 9.59 Å². The molecule has 2 aromatic carbocycles. The zero-order valence-electron chi connectivity index (χ0n) is 20.8. The highest BCUT2D eigenvalue weighted by Crippen LogP contribution is 2.42. The fourth-order valence-electron chi connectivity index (χ4n) is 4.57. The van der Waals surface area contributed by atoms with Crippen LogP contribution in [0.4, 0.5) is 14.6 Å². The summed E-state index contributed by atoms with van der Waals surface area (Å²) >= 11 is 6.35. The molecule has 1 saturated heterocycles. The number of fused-ring (bicyclic) bond motifs is 1. The van der Waals surface area contributed by atoms with Crippen molar-refractivity contribution in [2.24, 2.45) is 0 Å². The van der Waals surface area contributed by atoms with Gasteiger partial charge in [0, 0.05) is 37.3 Å². The highest BCUT2D eigenvalue weighted by molar-refractivity contribution is 6.32. The number of aromatic nitrogens is 1. The molecule has 1 atom stereocenters. The van der Waals surface area contributed by atoms with Crippen LogP contribution in [0.3, 0.4) is 0 Å². The number of nitrogens with zero attached hydrogens (tertiary/aromatic N) is 2. The smallest absolute Gasteiger partial charge is 0.259 e. The van der Waals surface area contributed by atoms with E-state index in [2.05, 4.69) is 10.3 Å². The van der Waals surface area contributed by atoms with Crippen molar-refractivity contribution in [1.29, 1.82) is 0 Å². The summed E-state index contributed by atoms with van der Waals surface area (Å²) in [7, 11) is 0. The van der Waals surface area contributed by atoms with Gasteiger partial charge in [-0.15, -0.1) is 0 Å². The van der Waals surface area contributed by atoms with Gasteiger partial charge in [0.2, 0.25) is 5.91 Å². The van der Waals surface area contributed by atoms with Crippen molar-refractivity contribution in [3.05, 3.63) is 82.0 Å². The zero-order chi connectivity index (χ0) is 27.5. The van der Waals surface area contributed by atoms with Crippen LogP contribution < -0.4 is 15.8 Å². The lowest BCUT2D eigenvalue weighted by atomic mass is 9.95. The van der Waals surface area contributed by atoms with E-state index < -0.39 is 29.2 Å². The number of morpholine rings is 1. The Morgan fingerprint density at radius 1 is 1.15 bits per heavy atom. The molecule has 1 aromatic heterocycles. The predicted octanol–water partition coefficient (Wildman–Crippen LogP) is 3.87. The number of anilines is 1. The molecule has 3 heterocycles. The fourth-order valence-corrected chi connectivity index (χ4v) is 4.79. The van der Waals surface area contributed by atoms with E-state index in [1.165, 1.54) is 11.0 Å². The molecule has 0 bridgehead atoms. The second-order valence-electron chi connectivity index (χ2n) is 9.16. The fraction of sp³-hybridized carbons (Fsp3) is 0.250. The molecule has 1 fully saturated rings. The number of rotatable bonds is 6. The minimum Gasteiger partial charge on any atom is -0.486 e. The van der Waals surface area contributed by atoms with E-state index in [1.54, 1.807) is 36.5 Å². The van der Waals surface area contributed by atoms with Gasteiger partial charge in [0.25, 0.3) is 5.91 Å². The third kappa shape index (κ3) is 5.86. The lowest BCUT2D eigenvalue weighted by molar-refractivity contribution is -0.116. The molecule has 39 heavy (non-hydrogen) atoms. The average Bonchev–Trinajstić information content (AvgIpc) is 3.37. The van der Waals surface area contributed by atoms with Gasteiger partial charge in [0.15, 0.2) is 0 Å². The summed E-state index contributed by atoms with van der Waals surface area (Å²) in [5.74, 6) is -2.15. The molecule has 3 N–H and O–H groups in total. The lowest BCUT2D eigenvalue weighted by Crippen LogP contribution is -2.41. The summed E-state index contributed by atoms with van der Waals surface area (Å²) in [6.07, 6.45) is 4.45. The number of carbonyl (C=O) groups is 2. The summed E-state index contributed by atoms with van der Waals surface area (Å²) < 4.78 is 41.4. The average molecular weight is 555 g/mol. The van der Waals surface area contributed by atoms with Gasteiger partial charge in [0.05, 0.1) is 24.8 Å². The molecule has 2 aliphatic rings. The number of carbonyl (C=O) groups excluding carboxylic acids is 2. The van der Waals surface area contributed by atoms with E-state index in [4.69, 9.17) is 26.8 Å². The highest BCUT2D eigenvalue weighted by atomic mass is 35.5. The molecular weight excluding hydrogens is 530 g/mol. The van der Waals surface area contributed by atoms with E-state index >= 15 is 8.78 Å². The second-order valence-corrected chi connectivity index (χ2v) is 9.57. The standard InChI is InChI=1S/C28H25ClF2N4O4/c29-21-4-3-19(17-11-22(30)26(23(31)12-17)28(37)35-7-9-38-10-8-35)20-13-18(39-27(20)21)15-34-25(36)6-2-16-1-5-24(32)33-14-16/h1-6,11-12,14,18H,7-10,13,15H2,(H2,32,33)(H,34,36). The quantitative estimate of drug-likeness (QED) is 0.448. The van der Waals surface area contributed by atoms with Crippen molar-refractivity contribution >= 4 is 35.3 Å². The summed E-state index contributed by atoms with van der Waals surface area (Å²) in [5.41, 5.74) is 7.14. The Hall–Kier alpha value is -4.02. The van der Waals surface area contributed by atoms with Crippen LogP contribution in [0, 0.1) is 11.6 Å². The number of hydrogen-bond donors (Lipinski definition) is 2.